The number of nitrogens with two attached hydrogens (primary N) is 1. The SMILES string of the molecule is CC(Nc1ncc(C#N)c(N)n1)c1cc2cc(Cl)ccc2[nH]c1=O. The fraction of sp³-hybridized carbons (Fsp3) is 0.125. The summed E-state index contributed by atoms with van der Waals surface area (Å²) in [6, 6.07) is 8.54. The lowest BCUT2D eigenvalue weighted by molar-refractivity contribution is 0.845. The van der Waals surface area contributed by atoms with E-state index in [1.807, 2.05) is 6.07 Å². The van der Waals surface area contributed by atoms with E-state index in [1.54, 1.807) is 31.2 Å². The fourth-order valence-electron chi connectivity index (χ4n) is 2.34. The molecule has 24 heavy (non-hydrogen) atoms. The number of fused-ring (bicyclic) bond motifs is 1. The monoisotopic (exact) mass is 340 g/mol. The van der Waals surface area contributed by atoms with Gasteiger partial charge in [0.1, 0.15) is 17.5 Å². The largest absolute Gasteiger partial charge is 0.382 e. The van der Waals surface area contributed by atoms with Crippen LogP contribution in [-0.4, -0.2) is 15.0 Å². The minimum atomic E-state index is -0.371. The summed E-state index contributed by atoms with van der Waals surface area (Å²) in [6.07, 6.45) is 1.34. The van der Waals surface area contributed by atoms with Gasteiger partial charge in [-0.25, -0.2) is 4.98 Å². The number of hydrogen-bond donors (Lipinski definition) is 3. The van der Waals surface area contributed by atoms with Gasteiger partial charge in [0.25, 0.3) is 5.56 Å². The lowest BCUT2D eigenvalue weighted by Gasteiger charge is -2.14. The van der Waals surface area contributed by atoms with Crippen LogP contribution in [0.25, 0.3) is 10.9 Å². The molecule has 8 heteroatoms. The highest BCUT2D eigenvalue weighted by Crippen LogP contribution is 2.21. The highest BCUT2D eigenvalue weighted by Gasteiger charge is 2.13. The van der Waals surface area contributed by atoms with Gasteiger partial charge in [-0.1, -0.05) is 11.6 Å². The highest BCUT2D eigenvalue weighted by atomic mass is 35.5. The molecule has 0 aliphatic rings. The Kier molecular flexibility index (Phi) is 4.06. The summed E-state index contributed by atoms with van der Waals surface area (Å²) in [7, 11) is 0. The van der Waals surface area contributed by atoms with E-state index in [0.29, 0.717) is 16.1 Å². The zero-order valence-electron chi connectivity index (χ0n) is 12.7. The summed E-state index contributed by atoms with van der Waals surface area (Å²) in [6.45, 7) is 1.80. The second kappa shape index (κ2) is 6.18. The average molecular weight is 341 g/mol. The smallest absolute Gasteiger partial charge is 0.253 e. The van der Waals surface area contributed by atoms with E-state index in [4.69, 9.17) is 22.6 Å². The van der Waals surface area contributed by atoms with Crippen LogP contribution in [0.1, 0.15) is 24.1 Å². The molecule has 0 aliphatic heterocycles. The van der Waals surface area contributed by atoms with E-state index in [9.17, 15) is 4.79 Å². The average Bonchev–Trinajstić information content (AvgIpc) is 2.54. The van der Waals surface area contributed by atoms with Gasteiger partial charge in [-0.15, -0.1) is 0 Å². The predicted molar refractivity (Wildman–Crippen MR) is 92.8 cm³/mol. The molecule has 0 saturated heterocycles. The van der Waals surface area contributed by atoms with E-state index in [1.165, 1.54) is 6.20 Å². The van der Waals surface area contributed by atoms with Crippen LogP contribution in [0.2, 0.25) is 5.02 Å². The maximum Gasteiger partial charge on any atom is 0.253 e. The lowest BCUT2D eigenvalue weighted by atomic mass is 10.1. The molecule has 0 fully saturated rings. The van der Waals surface area contributed by atoms with Gasteiger partial charge in [-0.05, 0) is 31.2 Å². The minimum absolute atomic E-state index is 0.0846. The number of aromatic nitrogens is 3. The summed E-state index contributed by atoms with van der Waals surface area (Å²) in [5, 5.41) is 13.3. The molecular weight excluding hydrogens is 328 g/mol. The first-order valence-corrected chi connectivity index (χ1v) is 7.47. The highest BCUT2D eigenvalue weighted by molar-refractivity contribution is 6.31. The molecule has 0 amide bonds. The number of benzene rings is 1. The van der Waals surface area contributed by atoms with Crippen molar-refractivity contribution in [1.82, 2.24) is 15.0 Å². The first-order valence-electron chi connectivity index (χ1n) is 7.09. The minimum Gasteiger partial charge on any atom is -0.382 e. The second-order valence-corrected chi connectivity index (χ2v) is 5.69. The van der Waals surface area contributed by atoms with Gasteiger partial charge in [-0.3, -0.25) is 4.79 Å². The summed E-state index contributed by atoms with van der Waals surface area (Å²) in [5.41, 5.74) is 6.87. The molecule has 1 aromatic carbocycles. The molecule has 0 spiro atoms. The van der Waals surface area contributed by atoms with Crippen LogP contribution in [0.5, 0.6) is 0 Å². The molecular formula is C16H13ClN6O. The van der Waals surface area contributed by atoms with Crippen molar-refractivity contribution in [1.29, 1.82) is 5.26 Å². The first kappa shape index (κ1) is 15.8. The topological polar surface area (TPSA) is 120 Å². The number of hydrogen-bond acceptors (Lipinski definition) is 6. The maximum absolute atomic E-state index is 12.3. The Hall–Kier alpha value is -3.11. The number of nitrogens with zero attached hydrogens (tertiary/aromatic N) is 3. The number of halogens is 1. The van der Waals surface area contributed by atoms with Crippen LogP contribution in [0.4, 0.5) is 11.8 Å². The molecule has 4 N–H and O–H groups in total. The molecule has 1 atom stereocenters. The molecule has 3 aromatic rings. The van der Waals surface area contributed by atoms with Crippen LogP contribution in [-0.2, 0) is 0 Å². The Balaban J connectivity index is 1.95. The van der Waals surface area contributed by atoms with Crippen LogP contribution in [0, 0.1) is 11.3 Å². The quantitative estimate of drug-likeness (QED) is 0.674. The molecule has 120 valence electrons. The van der Waals surface area contributed by atoms with Crippen molar-refractivity contribution in [3.63, 3.8) is 0 Å². The van der Waals surface area contributed by atoms with E-state index < -0.39 is 0 Å². The molecule has 0 aliphatic carbocycles. The van der Waals surface area contributed by atoms with Crippen molar-refractivity contribution >= 4 is 34.3 Å². The standard InChI is InChI=1S/C16H13ClN6O/c1-8(21-16-20-7-10(6-18)14(19)23-16)12-5-9-4-11(17)2-3-13(9)22-15(12)24/h2-5,7-8H,1H3,(H,22,24)(H3,19,20,21,23). The van der Waals surface area contributed by atoms with Gasteiger partial charge in [0.2, 0.25) is 5.95 Å². The van der Waals surface area contributed by atoms with Crippen molar-refractivity contribution in [2.45, 2.75) is 13.0 Å². The fourth-order valence-corrected chi connectivity index (χ4v) is 2.52. The maximum atomic E-state index is 12.3. The van der Waals surface area contributed by atoms with Crippen molar-refractivity contribution in [2.24, 2.45) is 0 Å². The van der Waals surface area contributed by atoms with Crippen LogP contribution < -0.4 is 16.6 Å². The van der Waals surface area contributed by atoms with Crippen molar-refractivity contribution in [3.05, 3.63) is 57.0 Å². The number of nitrogens with one attached hydrogen (secondary N) is 2. The summed E-state index contributed by atoms with van der Waals surface area (Å²) < 4.78 is 0. The van der Waals surface area contributed by atoms with Crippen molar-refractivity contribution in [2.75, 3.05) is 11.1 Å². The third-order valence-electron chi connectivity index (χ3n) is 3.59. The lowest BCUT2D eigenvalue weighted by Crippen LogP contribution is -2.20. The van der Waals surface area contributed by atoms with Gasteiger partial charge < -0.3 is 16.0 Å². The summed E-state index contributed by atoms with van der Waals surface area (Å²) >= 11 is 6.00. The van der Waals surface area contributed by atoms with Gasteiger partial charge in [0.15, 0.2) is 0 Å². The van der Waals surface area contributed by atoms with Crippen LogP contribution >= 0.6 is 11.6 Å². The normalized spacial score (nSPS) is 11.9. The molecule has 0 bridgehead atoms. The molecule has 3 rings (SSSR count). The molecule has 1 unspecified atom stereocenters. The zero-order chi connectivity index (χ0) is 17.3. The first-order chi connectivity index (χ1) is 11.5. The zero-order valence-corrected chi connectivity index (χ0v) is 13.4. The van der Waals surface area contributed by atoms with Crippen LogP contribution in [0.15, 0.2) is 35.3 Å². The Labute approximate surface area is 142 Å². The Morgan fingerprint density at radius 1 is 1.42 bits per heavy atom. The molecule has 0 radical (unpaired) electrons. The van der Waals surface area contributed by atoms with E-state index in [0.717, 1.165) is 5.39 Å². The number of aromatic amines is 1. The van der Waals surface area contributed by atoms with Crippen molar-refractivity contribution < 1.29 is 0 Å². The summed E-state index contributed by atoms with van der Waals surface area (Å²) in [4.78, 5) is 23.1. The number of nitrogen functional groups attached to an aromatic ring is 1. The van der Waals surface area contributed by atoms with E-state index in [2.05, 4.69) is 20.3 Å². The number of pyridine rings is 1. The molecule has 0 saturated carbocycles. The van der Waals surface area contributed by atoms with E-state index >= 15 is 0 Å². The Morgan fingerprint density at radius 3 is 2.92 bits per heavy atom. The van der Waals surface area contributed by atoms with Crippen LogP contribution in [0.3, 0.4) is 0 Å². The number of anilines is 2. The Bertz CT molecular complexity index is 1020. The van der Waals surface area contributed by atoms with E-state index in [-0.39, 0.29) is 28.9 Å². The van der Waals surface area contributed by atoms with Gasteiger partial charge in [0.05, 0.1) is 12.2 Å². The second-order valence-electron chi connectivity index (χ2n) is 5.26. The number of H-pyrrole nitrogens is 1. The van der Waals surface area contributed by atoms with Gasteiger partial charge >= 0.3 is 0 Å². The Morgan fingerprint density at radius 2 is 2.21 bits per heavy atom. The molecule has 2 aromatic heterocycles. The molecule has 7 nitrogen and oxygen atoms in total. The number of nitriles is 1. The third kappa shape index (κ3) is 3.00. The summed E-state index contributed by atoms with van der Waals surface area (Å²) in [5.74, 6) is 0.325. The predicted octanol–water partition coefficient (Wildman–Crippen LogP) is 2.60. The van der Waals surface area contributed by atoms with Gasteiger partial charge in [0, 0.05) is 21.5 Å². The number of rotatable bonds is 3. The van der Waals surface area contributed by atoms with Gasteiger partial charge in [-0.2, -0.15) is 10.2 Å². The third-order valence-corrected chi connectivity index (χ3v) is 3.82. The van der Waals surface area contributed by atoms with Crippen molar-refractivity contribution in [3.8, 4) is 6.07 Å². The molecule has 2 heterocycles.